The molecule has 13 heteroatoms. The molecule has 3 fully saturated rings. The standard InChI is InChI=1S/C36H38N8O5/c1-21-26-19-38-35(41-31(26)44(24-7-3-4-8-24)32(46)30(21)22(2)45)40-29-12-11-25(18-37-29)43-15-13-42(14-16-43)20-23-17-36(49-33(23)47)27-9-5-6-10-28(27)39-34(36)48/h5-6,9-12,18-19,23-24H,3-4,7-8,13-17,20H2,1-2H3,(H,39,48)(H,37,38,40,41). The number of aryl methyl sites for hydroxylation is 1. The van der Waals surface area contributed by atoms with E-state index in [2.05, 4.69) is 30.4 Å². The van der Waals surface area contributed by atoms with Gasteiger partial charge in [0.15, 0.2) is 5.78 Å². The first-order valence-corrected chi connectivity index (χ1v) is 17.0. The minimum absolute atomic E-state index is 0.00393. The molecule has 6 heterocycles. The normalized spacial score (nSPS) is 22.5. The van der Waals surface area contributed by atoms with Crippen LogP contribution in [0.5, 0.6) is 0 Å². The Morgan fingerprint density at radius 3 is 2.53 bits per heavy atom. The van der Waals surface area contributed by atoms with Gasteiger partial charge in [-0.2, -0.15) is 4.98 Å². The van der Waals surface area contributed by atoms with Crippen LogP contribution in [0.4, 0.5) is 23.1 Å². The Morgan fingerprint density at radius 2 is 1.80 bits per heavy atom. The van der Waals surface area contributed by atoms with Crippen LogP contribution in [0.2, 0.25) is 0 Å². The van der Waals surface area contributed by atoms with Gasteiger partial charge in [-0.15, -0.1) is 0 Å². The monoisotopic (exact) mass is 662 g/mol. The molecule has 2 saturated heterocycles. The van der Waals surface area contributed by atoms with Gasteiger partial charge in [-0.3, -0.25) is 28.6 Å². The van der Waals surface area contributed by atoms with Crippen LogP contribution in [0.15, 0.2) is 53.6 Å². The molecule has 252 valence electrons. The van der Waals surface area contributed by atoms with E-state index in [1.165, 1.54) is 6.92 Å². The summed E-state index contributed by atoms with van der Waals surface area (Å²) < 4.78 is 7.48. The van der Waals surface area contributed by atoms with E-state index in [1.54, 1.807) is 17.7 Å². The van der Waals surface area contributed by atoms with E-state index >= 15 is 0 Å². The Bertz CT molecular complexity index is 2050. The lowest BCUT2D eigenvalue weighted by atomic mass is 9.88. The van der Waals surface area contributed by atoms with Gasteiger partial charge in [0.1, 0.15) is 11.5 Å². The average Bonchev–Trinajstić information content (AvgIpc) is 3.80. The Labute approximate surface area is 282 Å². The number of nitrogens with zero attached hydrogens (tertiary/aromatic N) is 6. The third kappa shape index (κ3) is 5.32. The van der Waals surface area contributed by atoms with Crippen LogP contribution in [0.25, 0.3) is 11.0 Å². The van der Waals surface area contributed by atoms with Crippen molar-refractivity contribution in [3.05, 3.63) is 75.8 Å². The number of rotatable bonds is 7. The highest BCUT2D eigenvalue weighted by Crippen LogP contribution is 2.47. The smallest absolute Gasteiger partial charge is 0.311 e. The van der Waals surface area contributed by atoms with E-state index in [1.807, 2.05) is 42.6 Å². The zero-order chi connectivity index (χ0) is 33.9. The lowest BCUT2D eigenvalue weighted by Gasteiger charge is -2.36. The fraction of sp³-hybridized carbons (Fsp3) is 0.417. The maximum atomic E-state index is 13.5. The summed E-state index contributed by atoms with van der Waals surface area (Å²) in [5.74, 6) is -0.319. The number of piperazine rings is 1. The average molecular weight is 663 g/mol. The van der Waals surface area contributed by atoms with E-state index in [0.29, 0.717) is 47.0 Å². The summed E-state index contributed by atoms with van der Waals surface area (Å²) in [6.07, 6.45) is 7.65. The molecule has 0 radical (unpaired) electrons. The van der Waals surface area contributed by atoms with Crippen LogP contribution >= 0.6 is 0 Å². The number of benzene rings is 1. The summed E-state index contributed by atoms with van der Waals surface area (Å²) in [6.45, 7) is 6.80. The minimum Gasteiger partial charge on any atom is -0.444 e. The van der Waals surface area contributed by atoms with Gasteiger partial charge in [0.2, 0.25) is 11.5 Å². The molecule has 3 aliphatic heterocycles. The molecular weight excluding hydrogens is 624 g/mol. The molecule has 2 atom stereocenters. The third-order valence-electron chi connectivity index (χ3n) is 10.6. The molecule has 1 saturated carbocycles. The molecule has 2 N–H and O–H groups in total. The van der Waals surface area contributed by atoms with E-state index in [9.17, 15) is 19.2 Å². The third-order valence-corrected chi connectivity index (χ3v) is 10.6. The largest absolute Gasteiger partial charge is 0.444 e. The number of para-hydroxylation sites is 1. The van der Waals surface area contributed by atoms with Gasteiger partial charge in [-0.25, -0.2) is 9.97 Å². The zero-order valence-electron chi connectivity index (χ0n) is 27.6. The van der Waals surface area contributed by atoms with Crippen LogP contribution in [-0.4, -0.2) is 74.8 Å². The first kappa shape index (κ1) is 31.1. The van der Waals surface area contributed by atoms with Crippen LogP contribution < -0.4 is 21.1 Å². The minimum atomic E-state index is -1.23. The first-order valence-electron chi connectivity index (χ1n) is 17.0. The summed E-state index contributed by atoms with van der Waals surface area (Å²) in [7, 11) is 0. The van der Waals surface area contributed by atoms with Gasteiger partial charge in [-0.05, 0) is 50.5 Å². The molecule has 49 heavy (non-hydrogen) atoms. The number of anilines is 4. The van der Waals surface area contributed by atoms with Crippen molar-refractivity contribution in [1.82, 2.24) is 24.4 Å². The number of ketones is 1. The van der Waals surface area contributed by atoms with Gasteiger partial charge < -0.3 is 20.3 Å². The Hall–Kier alpha value is -5.17. The molecule has 1 spiro atoms. The number of carbonyl (C=O) groups excluding carboxylic acids is 3. The van der Waals surface area contributed by atoms with Gasteiger partial charge in [0.05, 0.1) is 23.4 Å². The van der Waals surface area contributed by atoms with Crippen molar-refractivity contribution in [3.63, 3.8) is 0 Å². The fourth-order valence-corrected chi connectivity index (χ4v) is 8.03. The Kier molecular flexibility index (Phi) is 7.66. The molecule has 1 aliphatic carbocycles. The van der Waals surface area contributed by atoms with E-state index in [4.69, 9.17) is 9.72 Å². The molecule has 2 unspecified atom stereocenters. The Morgan fingerprint density at radius 1 is 1.02 bits per heavy atom. The van der Waals surface area contributed by atoms with Crippen LogP contribution in [0, 0.1) is 12.8 Å². The van der Waals surface area contributed by atoms with Crippen LogP contribution in [0.1, 0.15) is 66.6 Å². The SMILES string of the molecule is CC(=O)c1c(C)c2cnc(Nc3ccc(N4CCN(CC5CC6(OC5=O)C(=O)Nc5ccccc56)CC4)cn3)nc2n(C2CCCC2)c1=O. The summed E-state index contributed by atoms with van der Waals surface area (Å²) in [5, 5.41) is 6.75. The van der Waals surface area contributed by atoms with Crippen molar-refractivity contribution < 1.29 is 19.1 Å². The van der Waals surface area contributed by atoms with Crippen LogP contribution in [0.3, 0.4) is 0 Å². The van der Waals surface area contributed by atoms with Gasteiger partial charge >= 0.3 is 5.97 Å². The number of pyridine rings is 2. The second kappa shape index (κ2) is 12.1. The van der Waals surface area contributed by atoms with Crippen molar-refractivity contribution in [2.45, 2.75) is 57.6 Å². The molecular formula is C36H38N8O5. The summed E-state index contributed by atoms with van der Waals surface area (Å²) >= 11 is 0. The molecule has 4 aliphatic rings. The van der Waals surface area contributed by atoms with Crippen molar-refractivity contribution in [2.24, 2.45) is 5.92 Å². The number of hydrogen-bond acceptors (Lipinski definition) is 11. The highest BCUT2D eigenvalue weighted by Gasteiger charge is 2.57. The van der Waals surface area contributed by atoms with Gasteiger partial charge in [-0.1, -0.05) is 31.0 Å². The molecule has 0 bridgehead atoms. The number of fused-ring (bicyclic) bond motifs is 3. The van der Waals surface area contributed by atoms with Crippen molar-refractivity contribution in [1.29, 1.82) is 0 Å². The maximum Gasteiger partial charge on any atom is 0.311 e. The summed E-state index contributed by atoms with van der Waals surface area (Å²) in [6, 6.07) is 11.3. The second-order valence-corrected chi connectivity index (χ2v) is 13.6. The number of nitrogens with one attached hydrogen (secondary N) is 2. The molecule has 8 rings (SSSR count). The number of amides is 1. The predicted molar refractivity (Wildman–Crippen MR) is 183 cm³/mol. The zero-order valence-corrected chi connectivity index (χ0v) is 27.6. The number of esters is 1. The van der Waals surface area contributed by atoms with E-state index in [0.717, 1.165) is 63.1 Å². The predicted octanol–water partition coefficient (Wildman–Crippen LogP) is 4.09. The number of ether oxygens (including phenoxy) is 1. The lowest BCUT2D eigenvalue weighted by molar-refractivity contribution is -0.157. The highest BCUT2D eigenvalue weighted by molar-refractivity contribution is 6.07. The van der Waals surface area contributed by atoms with E-state index in [-0.39, 0.29) is 40.7 Å². The molecule has 13 nitrogen and oxygen atoms in total. The van der Waals surface area contributed by atoms with Crippen molar-refractivity contribution >= 4 is 51.8 Å². The molecule has 1 aromatic carbocycles. The summed E-state index contributed by atoms with van der Waals surface area (Å²) in [4.78, 5) is 70.2. The quantitative estimate of drug-likeness (QED) is 0.218. The fourth-order valence-electron chi connectivity index (χ4n) is 8.03. The number of carbonyl (C=O) groups is 3. The van der Waals surface area contributed by atoms with Crippen molar-refractivity contribution in [3.8, 4) is 0 Å². The Balaban J connectivity index is 0.923. The molecule has 1 amide bonds. The molecule has 4 aromatic rings. The highest BCUT2D eigenvalue weighted by atomic mass is 16.6. The first-order chi connectivity index (χ1) is 23.7. The van der Waals surface area contributed by atoms with Gasteiger partial charge in [0, 0.05) is 68.0 Å². The van der Waals surface area contributed by atoms with Crippen molar-refractivity contribution in [2.75, 3.05) is 48.3 Å². The van der Waals surface area contributed by atoms with Gasteiger partial charge in [0.25, 0.3) is 11.5 Å². The summed E-state index contributed by atoms with van der Waals surface area (Å²) in [5.41, 5.74) is 2.26. The number of aromatic nitrogens is 4. The second-order valence-electron chi connectivity index (χ2n) is 13.6. The van der Waals surface area contributed by atoms with E-state index < -0.39 is 5.60 Å². The van der Waals surface area contributed by atoms with Crippen LogP contribution in [-0.2, 0) is 19.9 Å². The number of Topliss-reactive ketones (excluding diaryl/α,β-unsaturated/α-hetero) is 1. The topological polar surface area (TPSA) is 152 Å². The number of hydrogen-bond donors (Lipinski definition) is 2. The molecule has 3 aromatic heterocycles. The lowest BCUT2D eigenvalue weighted by Crippen LogP contribution is -2.48. The maximum absolute atomic E-state index is 13.5.